The van der Waals surface area contributed by atoms with Crippen LogP contribution in [0.2, 0.25) is 0 Å². The van der Waals surface area contributed by atoms with Gasteiger partial charge in [-0.2, -0.15) is 11.3 Å². The fourth-order valence-corrected chi connectivity index (χ4v) is 3.88. The van der Waals surface area contributed by atoms with Crippen molar-refractivity contribution in [2.75, 3.05) is 0 Å². The summed E-state index contributed by atoms with van der Waals surface area (Å²) in [6.45, 7) is 0. The van der Waals surface area contributed by atoms with Gasteiger partial charge in [0.15, 0.2) is 5.43 Å². The third-order valence-electron chi connectivity index (χ3n) is 4.65. The minimum absolute atomic E-state index is 0.0810. The third-order valence-corrected chi connectivity index (χ3v) is 5.34. The number of benzene rings is 1. The van der Waals surface area contributed by atoms with Crippen molar-refractivity contribution in [1.82, 2.24) is 0 Å². The molecule has 3 aromatic rings. The van der Waals surface area contributed by atoms with Gasteiger partial charge in [-0.15, -0.1) is 0 Å². The average molecular weight is 350 g/mol. The van der Waals surface area contributed by atoms with Gasteiger partial charge in [0.05, 0.1) is 5.39 Å². The van der Waals surface area contributed by atoms with Gasteiger partial charge in [0.2, 0.25) is 0 Å². The zero-order valence-corrected chi connectivity index (χ0v) is 14.6. The summed E-state index contributed by atoms with van der Waals surface area (Å²) in [7, 11) is 0. The predicted octanol–water partition coefficient (Wildman–Crippen LogP) is 4.57. The van der Waals surface area contributed by atoms with E-state index in [9.17, 15) is 9.90 Å². The number of hydrogen-bond acceptors (Lipinski definition) is 4. The highest BCUT2D eigenvalue weighted by Crippen LogP contribution is 2.28. The first-order valence-corrected chi connectivity index (χ1v) is 9.43. The molecule has 0 radical (unpaired) electrons. The normalized spacial score (nSPS) is 16.4. The van der Waals surface area contributed by atoms with E-state index in [-0.39, 0.29) is 5.43 Å². The van der Waals surface area contributed by atoms with Crippen molar-refractivity contribution < 1.29 is 9.52 Å². The molecule has 4 heteroatoms. The summed E-state index contributed by atoms with van der Waals surface area (Å²) in [5, 5.41) is 14.9. The van der Waals surface area contributed by atoms with Crippen LogP contribution in [-0.4, -0.2) is 10.7 Å². The van der Waals surface area contributed by atoms with Crippen LogP contribution < -0.4 is 5.43 Å². The van der Waals surface area contributed by atoms with Crippen LogP contribution in [0.5, 0.6) is 0 Å². The molecule has 0 spiro atoms. The summed E-state index contributed by atoms with van der Waals surface area (Å²) in [6, 6.07) is 8.82. The first kappa shape index (κ1) is 16.1. The maximum atomic E-state index is 12.5. The zero-order chi connectivity index (χ0) is 17.3. The first-order chi connectivity index (χ1) is 12.1. The molecule has 1 aliphatic carbocycles. The van der Waals surface area contributed by atoms with Gasteiger partial charge >= 0.3 is 0 Å². The number of thiophene rings is 1. The largest absolute Gasteiger partial charge is 0.456 e. The minimum Gasteiger partial charge on any atom is -0.456 e. The fourth-order valence-electron chi connectivity index (χ4n) is 3.23. The van der Waals surface area contributed by atoms with E-state index in [0.717, 1.165) is 43.2 Å². The van der Waals surface area contributed by atoms with Crippen molar-refractivity contribution in [3.8, 4) is 23.2 Å². The zero-order valence-electron chi connectivity index (χ0n) is 13.7. The van der Waals surface area contributed by atoms with E-state index in [1.165, 1.54) is 6.07 Å². The van der Waals surface area contributed by atoms with Crippen LogP contribution in [0.1, 0.15) is 37.7 Å². The molecule has 126 valence electrons. The second kappa shape index (κ2) is 6.51. The van der Waals surface area contributed by atoms with E-state index in [1.807, 2.05) is 22.9 Å². The first-order valence-electron chi connectivity index (χ1n) is 8.49. The quantitative estimate of drug-likeness (QED) is 0.654. The minimum atomic E-state index is -0.888. The molecule has 0 bridgehead atoms. The molecule has 1 N–H and O–H groups in total. The van der Waals surface area contributed by atoms with Gasteiger partial charge in [0.25, 0.3) is 0 Å². The van der Waals surface area contributed by atoms with Crippen LogP contribution in [0.4, 0.5) is 0 Å². The summed E-state index contributed by atoms with van der Waals surface area (Å²) < 4.78 is 5.87. The highest BCUT2D eigenvalue weighted by atomic mass is 32.1. The average Bonchev–Trinajstić information content (AvgIpc) is 3.15. The molecule has 1 aromatic carbocycles. The van der Waals surface area contributed by atoms with E-state index in [4.69, 9.17) is 4.42 Å². The van der Waals surface area contributed by atoms with Gasteiger partial charge in [-0.3, -0.25) is 4.79 Å². The molecule has 0 saturated heterocycles. The van der Waals surface area contributed by atoms with Crippen molar-refractivity contribution in [3.63, 3.8) is 0 Å². The monoisotopic (exact) mass is 350 g/mol. The van der Waals surface area contributed by atoms with Gasteiger partial charge in [0, 0.05) is 22.6 Å². The lowest BCUT2D eigenvalue weighted by Crippen LogP contribution is -2.29. The standard InChI is InChI=1S/C21H18O3S/c22-18-13-20(16-7-11-25-14-16)24-19-5-4-15(12-17(18)19)6-10-21(23)8-2-1-3-9-21/h4-5,7,11-14,23H,1-3,8-9H2. The van der Waals surface area contributed by atoms with Gasteiger partial charge < -0.3 is 9.52 Å². The summed E-state index contributed by atoms with van der Waals surface area (Å²) in [5.74, 6) is 6.62. The molecule has 4 rings (SSSR count). The van der Waals surface area contributed by atoms with Crippen LogP contribution >= 0.6 is 11.3 Å². The fraction of sp³-hybridized carbons (Fsp3) is 0.286. The van der Waals surface area contributed by atoms with Crippen molar-refractivity contribution in [3.05, 3.63) is 56.9 Å². The second-order valence-electron chi connectivity index (χ2n) is 6.54. The lowest BCUT2D eigenvalue weighted by atomic mass is 9.85. The smallest absolute Gasteiger partial charge is 0.193 e. The molecule has 0 aliphatic heterocycles. The maximum absolute atomic E-state index is 12.5. The molecule has 1 fully saturated rings. The Bertz CT molecular complexity index is 1010. The Kier molecular flexibility index (Phi) is 4.20. The van der Waals surface area contributed by atoms with Gasteiger partial charge in [0.1, 0.15) is 16.9 Å². The van der Waals surface area contributed by atoms with Crippen LogP contribution in [0.3, 0.4) is 0 Å². The van der Waals surface area contributed by atoms with E-state index < -0.39 is 5.60 Å². The number of rotatable bonds is 1. The predicted molar refractivity (Wildman–Crippen MR) is 101 cm³/mol. The molecule has 2 aromatic heterocycles. The molecule has 1 aliphatic rings. The van der Waals surface area contributed by atoms with E-state index in [2.05, 4.69) is 11.8 Å². The molecular weight excluding hydrogens is 332 g/mol. The van der Waals surface area contributed by atoms with Crippen LogP contribution in [0, 0.1) is 11.8 Å². The summed E-state index contributed by atoms with van der Waals surface area (Å²) in [4.78, 5) is 12.5. The molecule has 0 unspecified atom stereocenters. The lowest BCUT2D eigenvalue weighted by molar-refractivity contribution is 0.0610. The molecular formula is C21H18O3S. The van der Waals surface area contributed by atoms with Crippen molar-refractivity contribution >= 4 is 22.3 Å². The van der Waals surface area contributed by atoms with E-state index in [1.54, 1.807) is 23.5 Å². The van der Waals surface area contributed by atoms with Crippen LogP contribution in [-0.2, 0) is 0 Å². The SMILES string of the molecule is O=c1cc(-c2ccsc2)oc2ccc(C#CC3(O)CCCCC3)cc12. The topological polar surface area (TPSA) is 50.4 Å². The molecule has 0 amide bonds. The Morgan fingerprint density at radius 2 is 1.96 bits per heavy atom. The highest BCUT2D eigenvalue weighted by Gasteiger charge is 2.26. The van der Waals surface area contributed by atoms with Gasteiger partial charge in [-0.25, -0.2) is 0 Å². The van der Waals surface area contributed by atoms with E-state index in [0.29, 0.717) is 16.7 Å². The Hall–Kier alpha value is -2.35. The number of fused-ring (bicyclic) bond motifs is 1. The molecule has 1 saturated carbocycles. The lowest BCUT2D eigenvalue weighted by Gasteiger charge is -2.26. The number of aliphatic hydroxyl groups is 1. The van der Waals surface area contributed by atoms with Crippen molar-refractivity contribution in [2.45, 2.75) is 37.7 Å². The molecule has 0 atom stereocenters. The maximum Gasteiger partial charge on any atom is 0.193 e. The summed E-state index contributed by atoms with van der Waals surface area (Å²) in [6.07, 6.45) is 4.63. The van der Waals surface area contributed by atoms with Crippen molar-refractivity contribution in [2.24, 2.45) is 0 Å². The summed E-state index contributed by atoms with van der Waals surface area (Å²) >= 11 is 1.56. The number of hydrogen-bond donors (Lipinski definition) is 1. The Balaban J connectivity index is 1.71. The second-order valence-corrected chi connectivity index (χ2v) is 7.32. The Labute approximate surface area is 149 Å². The van der Waals surface area contributed by atoms with Crippen molar-refractivity contribution in [1.29, 1.82) is 0 Å². The summed E-state index contributed by atoms with van der Waals surface area (Å²) in [5.41, 5.74) is 1.22. The Morgan fingerprint density at radius 3 is 2.72 bits per heavy atom. The van der Waals surface area contributed by atoms with Crippen LogP contribution in [0.15, 0.2) is 50.3 Å². The molecule has 3 nitrogen and oxygen atoms in total. The van der Waals surface area contributed by atoms with E-state index >= 15 is 0 Å². The Morgan fingerprint density at radius 1 is 1.12 bits per heavy atom. The molecule has 2 heterocycles. The molecule has 25 heavy (non-hydrogen) atoms. The van der Waals surface area contributed by atoms with Gasteiger partial charge in [-0.1, -0.05) is 18.3 Å². The third kappa shape index (κ3) is 3.39. The van der Waals surface area contributed by atoms with Crippen LogP contribution in [0.25, 0.3) is 22.3 Å². The highest BCUT2D eigenvalue weighted by molar-refractivity contribution is 7.08. The van der Waals surface area contributed by atoms with Gasteiger partial charge in [-0.05, 0) is 55.3 Å².